The van der Waals surface area contributed by atoms with E-state index in [4.69, 9.17) is 0 Å². The third-order valence-electron chi connectivity index (χ3n) is 2.36. The highest BCUT2D eigenvalue weighted by atomic mass is 79.9. The Hall–Kier alpha value is -1.40. The van der Waals surface area contributed by atoms with Crippen LogP contribution < -0.4 is 10.6 Å². The molecule has 1 heterocycles. The number of urea groups is 1. The van der Waals surface area contributed by atoms with Crippen LogP contribution in [0.3, 0.4) is 0 Å². The first-order valence-corrected chi connectivity index (χ1v) is 7.12. The van der Waals surface area contributed by atoms with Crippen molar-refractivity contribution in [1.29, 1.82) is 0 Å². The second-order valence-corrected chi connectivity index (χ2v) is 5.56. The van der Waals surface area contributed by atoms with Crippen LogP contribution >= 0.6 is 31.9 Å². The number of hydrogen-bond donors (Lipinski definition) is 2. The molecule has 2 amide bonds. The van der Waals surface area contributed by atoms with E-state index in [2.05, 4.69) is 47.5 Å². The van der Waals surface area contributed by atoms with E-state index in [1.54, 1.807) is 12.4 Å². The minimum atomic E-state index is -0.258. The first-order valence-electron chi connectivity index (χ1n) is 5.54. The highest BCUT2D eigenvalue weighted by Gasteiger charge is 2.05. The van der Waals surface area contributed by atoms with Gasteiger partial charge in [-0.05, 0) is 45.8 Å². The normalized spacial score (nSPS) is 10.0. The Bertz CT molecular complexity index is 575. The van der Waals surface area contributed by atoms with Crippen LogP contribution in [-0.2, 0) is 6.54 Å². The molecule has 2 rings (SSSR count). The smallest absolute Gasteiger partial charge is 0.319 e. The molecule has 4 nitrogen and oxygen atoms in total. The lowest BCUT2D eigenvalue weighted by atomic mass is 10.3. The van der Waals surface area contributed by atoms with E-state index in [-0.39, 0.29) is 6.03 Å². The molecule has 19 heavy (non-hydrogen) atoms. The molecular weight excluding hydrogens is 374 g/mol. The molecule has 0 aliphatic rings. The number of carbonyl (C=O) groups is 1. The minimum absolute atomic E-state index is 0.258. The lowest BCUT2D eigenvalue weighted by Crippen LogP contribution is -2.28. The fourth-order valence-electron chi connectivity index (χ4n) is 1.44. The molecule has 0 aliphatic carbocycles. The van der Waals surface area contributed by atoms with Gasteiger partial charge in [0.2, 0.25) is 0 Å². The van der Waals surface area contributed by atoms with Crippen molar-refractivity contribution in [3.63, 3.8) is 0 Å². The zero-order chi connectivity index (χ0) is 13.7. The van der Waals surface area contributed by atoms with Gasteiger partial charge in [0.1, 0.15) is 0 Å². The first-order chi connectivity index (χ1) is 9.15. The lowest BCUT2D eigenvalue weighted by molar-refractivity contribution is 0.251. The van der Waals surface area contributed by atoms with Crippen LogP contribution in [0.1, 0.15) is 5.56 Å². The summed E-state index contributed by atoms with van der Waals surface area (Å²) in [6.07, 6.45) is 3.42. The van der Waals surface area contributed by atoms with Crippen molar-refractivity contribution < 1.29 is 4.79 Å². The fourth-order valence-corrected chi connectivity index (χ4v) is 2.59. The summed E-state index contributed by atoms with van der Waals surface area (Å²) in [5.41, 5.74) is 1.67. The maximum atomic E-state index is 11.7. The number of anilines is 1. The summed E-state index contributed by atoms with van der Waals surface area (Å²) in [6, 6.07) is 9.03. The Labute approximate surface area is 127 Å². The van der Waals surface area contributed by atoms with Crippen molar-refractivity contribution in [3.05, 3.63) is 57.2 Å². The molecule has 0 spiro atoms. The molecule has 2 N–H and O–H groups in total. The number of amides is 2. The van der Waals surface area contributed by atoms with Gasteiger partial charge in [-0.15, -0.1) is 0 Å². The van der Waals surface area contributed by atoms with Gasteiger partial charge in [0.25, 0.3) is 0 Å². The van der Waals surface area contributed by atoms with Crippen molar-refractivity contribution >= 4 is 43.6 Å². The number of nitrogens with one attached hydrogen (secondary N) is 2. The molecule has 0 fully saturated rings. The average Bonchev–Trinajstić information content (AvgIpc) is 2.41. The van der Waals surface area contributed by atoms with E-state index in [0.29, 0.717) is 12.2 Å². The van der Waals surface area contributed by atoms with E-state index < -0.39 is 0 Å². The molecule has 0 radical (unpaired) electrons. The molecule has 0 saturated carbocycles. The number of carbonyl (C=O) groups excluding carboxylic acids is 1. The van der Waals surface area contributed by atoms with Gasteiger partial charge >= 0.3 is 6.03 Å². The predicted molar refractivity (Wildman–Crippen MR) is 81.9 cm³/mol. The van der Waals surface area contributed by atoms with E-state index >= 15 is 0 Å². The van der Waals surface area contributed by atoms with Gasteiger partial charge in [0.15, 0.2) is 0 Å². The van der Waals surface area contributed by atoms with E-state index in [1.807, 2.05) is 30.3 Å². The molecule has 1 aromatic carbocycles. The minimum Gasteiger partial charge on any atom is -0.334 e. The number of pyridine rings is 1. The van der Waals surface area contributed by atoms with E-state index in [0.717, 1.165) is 14.5 Å². The fraction of sp³-hybridized carbons (Fsp3) is 0.0769. The molecule has 1 aromatic heterocycles. The molecule has 0 unspecified atom stereocenters. The Kier molecular flexibility index (Phi) is 4.93. The Morgan fingerprint density at radius 1 is 1.26 bits per heavy atom. The maximum absolute atomic E-state index is 11.7. The Morgan fingerprint density at radius 2 is 2.11 bits per heavy atom. The summed E-state index contributed by atoms with van der Waals surface area (Å²) < 4.78 is 1.76. The highest BCUT2D eigenvalue weighted by molar-refractivity contribution is 9.11. The standard InChI is InChI=1S/C13H11Br2N3O/c14-10-3-4-12(11(15)6-10)18-13(19)17-8-9-2-1-5-16-7-9/h1-7H,8H2,(H2,17,18,19). The van der Waals surface area contributed by atoms with Crippen LogP contribution in [0.15, 0.2) is 51.7 Å². The molecular formula is C13H11Br2N3O. The van der Waals surface area contributed by atoms with Crippen LogP contribution in [0.5, 0.6) is 0 Å². The lowest BCUT2D eigenvalue weighted by Gasteiger charge is -2.09. The Morgan fingerprint density at radius 3 is 2.79 bits per heavy atom. The summed E-state index contributed by atoms with van der Waals surface area (Å²) in [6.45, 7) is 0.438. The van der Waals surface area contributed by atoms with E-state index in [1.165, 1.54) is 0 Å². The van der Waals surface area contributed by atoms with Crippen LogP contribution in [0.25, 0.3) is 0 Å². The van der Waals surface area contributed by atoms with Gasteiger partial charge in [-0.2, -0.15) is 0 Å². The monoisotopic (exact) mass is 383 g/mol. The zero-order valence-electron chi connectivity index (χ0n) is 9.86. The summed E-state index contributed by atoms with van der Waals surface area (Å²) in [5, 5.41) is 5.54. The van der Waals surface area contributed by atoms with Crippen LogP contribution in [0.4, 0.5) is 10.5 Å². The third kappa shape index (κ3) is 4.33. The van der Waals surface area contributed by atoms with E-state index in [9.17, 15) is 4.79 Å². The van der Waals surface area contributed by atoms with Crippen molar-refractivity contribution in [2.45, 2.75) is 6.54 Å². The summed E-state index contributed by atoms with van der Waals surface area (Å²) in [7, 11) is 0. The highest BCUT2D eigenvalue weighted by Crippen LogP contribution is 2.25. The maximum Gasteiger partial charge on any atom is 0.319 e. The summed E-state index contributed by atoms with van der Waals surface area (Å²) in [5.74, 6) is 0. The molecule has 6 heteroatoms. The SMILES string of the molecule is O=C(NCc1cccnc1)Nc1ccc(Br)cc1Br. The molecule has 0 saturated heterocycles. The topological polar surface area (TPSA) is 54.0 Å². The number of benzene rings is 1. The molecule has 0 atom stereocenters. The number of hydrogen-bond acceptors (Lipinski definition) is 2. The average molecular weight is 385 g/mol. The quantitative estimate of drug-likeness (QED) is 0.842. The van der Waals surface area contributed by atoms with Crippen molar-refractivity contribution in [3.8, 4) is 0 Å². The molecule has 2 aromatic rings. The van der Waals surface area contributed by atoms with Crippen LogP contribution in [0, 0.1) is 0 Å². The van der Waals surface area contributed by atoms with Crippen molar-refractivity contribution in [1.82, 2.24) is 10.3 Å². The molecule has 0 aliphatic heterocycles. The van der Waals surface area contributed by atoms with Crippen LogP contribution in [-0.4, -0.2) is 11.0 Å². The van der Waals surface area contributed by atoms with Crippen molar-refractivity contribution in [2.24, 2.45) is 0 Å². The largest absolute Gasteiger partial charge is 0.334 e. The third-order valence-corrected chi connectivity index (χ3v) is 3.50. The Balaban J connectivity index is 1.91. The summed E-state index contributed by atoms with van der Waals surface area (Å²) >= 11 is 6.75. The summed E-state index contributed by atoms with van der Waals surface area (Å²) in [4.78, 5) is 15.7. The number of nitrogens with zero attached hydrogens (tertiary/aromatic N) is 1. The van der Waals surface area contributed by atoms with Crippen LogP contribution in [0.2, 0.25) is 0 Å². The zero-order valence-corrected chi connectivity index (χ0v) is 13.0. The van der Waals surface area contributed by atoms with Gasteiger partial charge < -0.3 is 10.6 Å². The number of halogens is 2. The van der Waals surface area contributed by atoms with Gasteiger partial charge in [-0.25, -0.2) is 4.79 Å². The van der Waals surface area contributed by atoms with Gasteiger partial charge in [-0.1, -0.05) is 22.0 Å². The molecule has 98 valence electrons. The second-order valence-electron chi connectivity index (χ2n) is 3.79. The van der Waals surface area contributed by atoms with Gasteiger partial charge in [0, 0.05) is 27.9 Å². The number of aromatic nitrogens is 1. The van der Waals surface area contributed by atoms with Gasteiger partial charge in [0.05, 0.1) is 5.69 Å². The first kappa shape index (κ1) is 14.0. The van der Waals surface area contributed by atoms with Gasteiger partial charge in [-0.3, -0.25) is 4.98 Å². The number of rotatable bonds is 3. The molecule has 0 bridgehead atoms. The second kappa shape index (κ2) is 6.68. The van der Waals surface area contributed by atoms with Crippen molar-refractivity contribution in [2.75, 3.05) is 5.32 Å². The predicted octanol–water partition coefficient (Wildman–Crippen LogP) is 3.93.